The third-order valence-corrected chi connectivity index (χ3v) is 4.45. The second-order valence-corrected chi connectivity index (χ2v) is 5.91. The Bertz CT molecular complexity index is 604. The maximum absolute atomic E-state index is 12.2. The molecule has 2 aliphatic heterocycles. The number of ether oxygens (including phenoxy) is 1. The van der Waals surface area contributed by atoms with Gasteiger partial charge in [-0.2, -0.15) is 0 Å². The average Bonchev–Trinajstić information content (AvgIpc) is 3.02. The molecule has 0 aliphatic carbocycles. The van der Waals surface area contributed by atoms with Gasteiger partial charge in [0.05, 0.1) is 0 Å². The fourth-order valence-corrected chi connectivity index (χ4v) is 3.50. The van der Waals surface area contributed by atoms with Crippen LogP contribution in [-0.4, -0.2) is 29.1 Å². The van der Waals surface area contributed by atoms with Crippen LogP contribution in [0.3, 0.4) is 0 Å². The van der Waals surface area contributed by atoms with Gasteiger partial charge in [0.25, 0.3) is 0 Å². The van der Waals surface area contributed by atoms with Crippen LogP contribution >= 0.6 is 0 Å². The van der Waals surface area contributed by atoms with Crippen molar-refractivity contribution in [2.45, 2.75) is 43.9 Å². The van der Waals surface area contributed by atoms with E-state index < -0.39 is 0 Å². The van der Waals surface area contributed by atoms with E-state index in [4.69, 9.17) is 4.74 Å². The van der Waals surface area contributed by atoms with Crippen molar-refractivity contribution in [3.05, 3.63) is 36.0 Å². The summed E-state index contributed by atoms with van der Waals surface area (Å²) in [6.45, 7) is 0. The average molecular weight is 270 g/mol. The van der Waals surface area contributed by atoms with Crippen molar-refractivity contribution in [2.24, 2.45) is 0 Å². The zero-order chi connectivity index (χ0) is 13.5. The van der Waals surface area contributed by atoms with Gasteiger partial charge in [0, 0.05) is 23.0 Å². The molecular weight excluding hydrogens is 252 g/mol. The Morgan fingerprint density at radius 3 is 2.65 bits per heavy atom. The smallest absolute Gasteiger partial charge is 0.355 e. The Morgan fingerprint density at radius 2 is 1.90 bits per heavy atom. The summed E-state index contributed by atoms with van der Waals surface area (Å²) in [5.41, 5.74) is 1.53. The van der Waals surface area contributed by atoms with Crippen molar-refractivity contribution < 1.29 is 9.53 Å². The van der Waals surface area contributed by atoms with E-state index in [1.54, 1.807) is 0 Å². The van der Waals surface area contributed by atoms with Gasteiger partial charge in [0.2, 0.25) is 0 Å². The number of esters is 1. The summed E-state index contributed by atoms with van der Waals surface area (Å²) in [6, 6.07) is 10.8. The van der Waals surface area contributed by atoms with Crippen LogP contribution in [0.4, 0.5) is 0 Å². The van der Waals surface area contributed by atoms with Crippen LogP contribution < -0.4 is 5.32 Å². The SMILES string of the molecule is O=C(OC1C[C@H]2CC[C@H](C1)N2)c1cc2ccccc2[nH]1. The molecule has 4 heteroatoms. The monoisotopic (exact) mass is 270 g/mol. The van der Waals surface area contributed by atoms with Crippen molar-refractivity contribution >= 4 is 16.9 Å². The lowest BCUT2D eigenvalue weighted by Crippen LogP contribution is -2.42. The first-order chi connectivity index (χ1) is 9.78. The molecule has 3 heterocycles. The number of carbonyl (C=O) groups excluding carboxylic acids is 1. The number of benzene rings is 1. The number of aromatic amines is 1. The number of para-hydroxylation sites is 1. The van der Waals surface area contributed by atoms with Gasteiger partial charge in [-0.15, -0.1) is 0 Å². The number of aromatic nitrogens is 1. The van der Waals surface area contributed by atoms with E-state index >= 15 is 0 Å². The molecule has 2 aliphatic rings. The van der Waals surface area contributed by atoms with Gasteiger partial charge >= 0.3 is 5.97 Å². The van der Waals surface area contributed by atoms with Crippen LogP contribution in [-0.2, 0) is 4.74 Å². The molecule has 4 nitrogen and oxygen atoms in total. The lowest BCUT2D eigenvalue weighted by atomic mass is 10.0. The normalized spacial score (nSPS) is 28.7. The number of rotatable bonds is 2. The maximum Gasteiger partial charge on any atom is 0.355 e. The molecule has 0 amide bonds. The number of H-pyrrole nitrogens is 1. The fourth-order valence-electron chi connectivity index (χ4n) is 3.50. The van der Waals surface area contributed by atoms with Crippen LogP contribution in [0.1, 0.15) is 36.2 Å². The van der Waals surface area contributed by atoms with Crippen LogP contribution in [0.2, 0.25) is 0 Å². The summed E-state index contributed by atoms with van der Waals surface area (Å²) < 4.78 is 5.68. The molecule has 0 spiro atoms. The minimum Gasteiger partial charge on any atom is -0.458 e. The van der Waals surface area contributed by atoms with E-state index in [0.29, 0.717) is 17.8 Å². The van der Waals surface area contributed by atoms with Crippen LogP contribution in [0.5, 0.6) is 0 Å². The topological polar surface area (TPSA) is 54.1 Å². The third kappa shape index (κ3) is 2.10. The van der Waals surface area contributed by atoms with Crippen molar-refractivity contribution in [2.75, 3.05) is 0 Å². The molecule has 2 saturated heterocycles. The molecule has 2 bridgehead atoms. The highest BCUT2D eigenvalue weighted by atomic mass is 16.5. The van der Waals surface area contributed by atoms with Gasteiger partial charge < -0.3 is 15.0 Å². The number of nitrogens with one attached hydrogen (secondary N) is 2. The number of fused-ring (bicyclic) bond motifs is 3. The van der Waals surface area contributed by atoms with Gasteiger partial charge in [-0.1, -0.05) is 18.2 Å². The highest BCUT2D eigenvalue weighted by Crippen LogP contribution is 2.29. The standard InChI is InChI=1S/C16H18N2O2/c19-16(15-7-10-3-1-2-4-14(10)18-15)20-13-8-11-5-6-12(9-13)17-11/h1-4,7,11-13,17-18H,5-6,8-9H2/t11-,12-/m1/s1. The maximum atomic E-state index is 12.2. The van der Waals surface area contributed by atoms with E-state index in [-0.39, 0.29) is 12.1 Å². The minimum absolute atomic E-state index is 0.0627. The van der Waals surface area contributed by atoms with Crippen molar-refractivity contribution in [1.29, 1.82) is 0 Å². The highest BCUT2D eigenvalue weighted by molar-refractivity contribution is 5.94. The summed E-state index contributed by atoms with van der Waals surface area (Å²) in [4.78, 5) is 15.4. The largest absolute Gasteiger partial charge is 0.458 e. The first kappa shape index (κ1) is 12.0. The zero-order valence-electron chi connectivity index (χ0n) is 11.3. The van der Waals surface area contributed by atoms with E-state index in [2.05, 4.69) is 10.3 Å². The van der Waals surface area contributed by atoms with Crippen LogP contribution in [0.15, 0.2) is 30.3 Å². The van der Waals surface area contributed by atoms with E-state index in [1.165, 1.54) is 12.8 Å². The molecule has 20 heavy (non-hydrogen) atoms. The highest BCUT2D eigenvalue weighted by Gasteiger charge is 2.35. The Hall–Kier alpha value is -1.81. The van der Waals surface area contributed by atoms with Gasteiger partial charge in [-0.3, -0.25) is 0 Å². The van der Waals surface area contributed by atoms with Crippen molar-refractivity contribution in [3.8, 4) is 0 Å². The first-order valence-corrected chi connectivity index (χ1v) is 7.33. The van der Waals surface area contributed by atoms with Gasteiger partial charge in [0.1, 0.15) is 11.8 Å². The molecule has 2 aromatic rings. The summed E-state index contributed by atoms with van der Waals surface area (Å²) >= 11 is 0. The lowest BCUT2D eigenvalue weighted by molar-refractivity contribution is 0.0172. The Kier molecular flexibility index (Phi) is 2.77. The van der Waals surface area contributed by atoms with E-state index in [0.717, 1.165) is 23.7 Å². The minimum atomic E-state index is -0.229. The Balaban J connectivity index is 1.49. The van der Waals surface area contributed by atoms with Crippen LogP contribution in [0, 0.1) is 0 Å². The summed E-state index contributed by atoms with van der Waals surface area (Å²) in [7, 11) is 0. The predicted octanol–water partition coefficient (Wildman–Crippen LogP) is 2.61. The van der Waals surface area contributed by atoms with E-state index in [9.17, 15) is 4.79 Å². The number of carbonyl (C=O) groups is 1. The second kappa shape index (κ2) is 4.63. The zero-order valence-corrected chi connectivity index (χ0v) is 11.3. The number of hydrogen-bond donors (Lipinski definition) is 2. The molecule has 0 saturated carbocycles. The van der Waals surface area contributed by atoms with Gasteiger partial charge in [-0.25, -0.2) is 4.79 Å². The molecule has 2 N–H and O–H groups in total. The molecule has 0 unspecified atom stereocenters. The molecule has 104 valence electrons. The van der Waals surface area contributed by atoms with Crippen molar-refractivity contribution in [3.63, 3.8) is 0 Å². The van der Waals surface area contributed by atoms with Gasteiger partial charge in [0.15, 0.2) is 0 Å². The fraction of sp³-hybridized carbons (Fsp3) is 0.438. The molecule has 0 radical (unpaired) electrons. The van der Waals surface area contributed by atoms with E-state index in [1.807, 2.05) is 30.3 Å². The molecule has 1 aromatic carbocycles. The molecule has 4 rings (SSSR count). The molecule has 2 atom stereocenters. The second-order valence-electron chi connectivity index (χ2n) is 5.91. The summed E-state index contributed by atoms with van der Waals surface area (Å²) in [5, 5.41) is 4.60. The Labute approximate surface area is 117 Å². The third-order valence-electron chi connectivity index (χ3n) is 4.45. The lowest BCUT2D eigenvalue weighted by Gasteiger charge is -2.28. The number of hydrogen-bond acceptors (Lipinski definition) is 3. The van der Waals surface area contributed by atoms with Crippen molar-refractivity contribution in [1.82, 2.24) is 10.3 Å². The van der Waals surface area contributed by atoms with Crippen LogP contribution in [0.25, 0.3) is 10.9 Å². The molecule has 2 fully saturated rings. The predicted molar refractivity (Wildman–Crippen MR) is 76.7 cm³/mol. The first-order valence-electron chi connectivity index (χ1n) is 7.33. The molecule has 1 aromatic heterocycles. The van der Waals surface area contributed by atoms with Gasteiger partial charge in [-0.05, 0) is 37.8 Å². The summed E-state index contributed by atoms with van der Waals surface area (Å²) in [5.74, 6) is -0.229. The quantitative estimate of drug-likeness (QED) is 0.825. The Morgan fingerprint density at radius 1 is 1.15 bits per heavy atom. The summed E-state index contributed by atoms with van der Waals surface area (Å²) in [6.07, 6.45) is 4.38. The molecular formula is C16H18N2O2. The number of piperidine rings is 1.